The Morgan fingerprint density at radius 1 is 1.62 bits per heavy atom. The van der Waals surface area contributed by atoms with Gasteiger partial charge in [0.05, 0.1) is 6.20 Å². The number of likely N-dealkylation sites (tertiary alicyclic amines) is 1. The fourth-order valence-electron chi connectivity index (χ4n) is 2.11. The van der Waals surface area contributed by atoms with Crippen LogP contribution in [0.3, 0.4) is 0 Å². The number of hydrogen-bond acceptors (Lipinski definition) is 3. The Hall–Kier alpha value is -1.35. The fourth-order valence-corrected chi connectivity index (χ4v) is 2.11. The lowest BCUT2D eigenvalue weighted by molar-refractivity contribution is 0.184. The number of aromatic nitrogens is 1. The molecule has 1 fully saturated rings. The Kier molecular flexibility index (Phi) is 3.94. The van der Waals surface area contributed by atoms with Crippen LogP contribution in [0, 0.1) is 0 Å². The van der Waals surface area contributed by atoms with Crippen LogP contribution in [-0.4, -0.2) is 35.6 Å². The van der Waals surface area contributed by atoms with Crippen molar-refractivity contribution in [2.45, 2.75) is 18.9 Å². The molecule has 2 heterocycles. The van der Waals surface area contributed by atoms with E-state index in [-0.39, 0.29) is 0 Å². The first-order chi connectivity index (χ1) is 7.90. The third kappa shape index (κ3) is 2.83. The molecule has 1 saturated heterocycles. The van der Waals surface area contributed by atoms with Gasteiger partial charge in [-0.05, 0) is 31.5 Å². The molecular weight excluding hydrogens is 200 g/mol. The van der Waals surface area contributed by atoms with Crippen LogP contribution < -0.4 is 4.74 Å². The molecule has 3 nitrogen and oxygen atoms in total. The smallest absolute Gasteiger partial charge is 0.137 e. The van der Waals surface area contributed by atoms with Gasteiger partial charge in [0, 0.05) is 18.8 Å². The molecule has 0 saturated carbocycles. The Bertz CT molecular complexity index is 326. The first-order valence-corrected chi connectivity index (χ1v) is 5.78. The molecule has 0 aromatic carbocycles. The van der Waals surface area contributed by atoms with E-state index in [2.05, 4.69) is 16.5 Å². The molecule has 0 unspecified atom stereocenters. The second-order valence-electron chi connectivity index (χ2n) is 4.08. The summed E-state index contributed by atoms with van der Waals surface area (Å²) in [6.45, 7) is 6.65. The Morgan fingerprint density at radius 2 is 2.56 bits per heavy atom. The van der Waals surface area contributed by atoms with Gasteiger partial charge in [-0.25, -0.2) is 0 Å². The lowest BCUT2D eigenvalue weighted by atomic mass is 10.2. The quantitative estimate of drug-likeness (QED) is 0.708. The van der Waals surface area contributed by atoms with Crippen LogP contribution in [0.4, 0.5) is 0 Å². The summed E-state index contributed by atoms with van der Waals surface area (Å²) in [5.74, 6) is 0.855. The zero-order valence-corrected chi connectivity index (χ0v) is 9.51. The molecule has 1 aliphatic rings. The molecule has 0 spiro atoms. The zero-order valence-electron chi connectivity index (χ0n) is 9.51. The second kappa shape index (κ2) is 5.66. The monoisotopic (exact) mass is 218 g/mol. The number of ether oxygens (including phenoxy) is 1. The first-order valence-electron chi connectivity index (χ1n) is 5.78. The highest BCUT2D eigenvalue weighted by Gasteiger charge is 2.23. The molecule has 1 atom stereocenters. The molecule has 0 amide bonds. The third-order valence-corrected chi connectivity index (χ3v) is 2.94. The average molecular weight is 218 g/mol. The highest BCUT2D eigenvalue weighted by Crippen LogP contribution is 2.18. The maximum atomic E-state index is 5.73. The van der Waals surface area contributed by atoms with Gasteiger partial charge in [0.1, 0.15) is 12.4 Å². The first kappa shape index (κ1) is 11.1. The molecule has 1 aliphatic heterocycles. The molecule has 0 radical (unpaired) electrons. The highest BCUT2D eigenvalue weighted by molar-refractivity contribution is 5.15. The van der Waals surface area contributed by atoms with Gasteiger partial charge in [-0.2, -0.15) is 0 Å². The molecule has 3 heteroatoms. The van der Waals surface area contributed by atoms with Gasteiger partial charge in [0.25, 0.3) is 0 Å². The molecule has 2 rings (SSSR count). The van der Waals surface area contributed by atoms with E-state index in [9.17, 15) is 0 Å². The molecule has 1 aromatic heterocycles. The van der Waals surface area contributed by atoms with Gasteiger partial charge in [0.15, 0.2) is 0 Å². The summed E-state index contributed by atoms with van der Waals surface area (Å²) in [4.78, 5) is 6.45. The van der Waals surface area contributed by atoms with Crippen molar-refractivity contribution in [3.8, 4) is 5.75 Å². The van der Waals surface area contributed by atoms with Crippen molar-refractivity contribution >= 4 is 0 Å². The van der Waals surface area contributed by atoms with E-state index in [0.29, 0.717) is 6.04 Å². The highest BCUT2D eigenvalue weighted by atomic mass is 16.5. The van der Waals surface area contributed by atoms with Gasteiger partial charge < -0.3 is 4.74 Å². The van der Waals surface area contributed by atoms with E-state index in [1.165, 1.54) is 12.8 Å². The van der Waals surface area contributed by atoms with Crippen molar-refractivity contribution in [3.05, 3.63) is 37.2 Å². The van der Waals surface area contributed by atoms with Crippen LogP contribution in [0.2, 0.25) is 0 Å². The number of hydrogen-bond donors (Lipinski definition) is 0. The van der Waals surface area contributed by atoms with E-state index in [4.69, 9.17) is 4.74 Å². The van der Waals surface area contributed by atoms with Crippen LogP contribution in [-0.2, 0) is 0 Å². The summed E-state index contributed by atoms with van der Waals surface area (Å²) in [6.07, 6.45) is 7.95. The van der Waals surface area contributed by atoms with Crippen molar-refractivity contribution < 1.29 is 4.74 Å². The summed E-state index contributed by atoms with van der Waals surface area (Å²) in [5, 5.41) is 0. The number of nitrogens with zero attached hydrogens (tertiary/aromatic N) is 2. The van der Waals surface area contributed by atoms with Crippen LogP contribution in [0.25, 0.3) is 0 Å². The minimum Gasteiger partial charge on any atom is -0.490 e. The summed E-state index contributed by atoms with van der Waals surface area (Å²) in [7, 11) is 0. The van der Waals surface area contributed by atoms with Crippen LogP contribution in [0.1, 0.15) is 12.8 Å². The van der Waals surface area contributed by atoms with Crippen molar-refractivity contribution in [2.75, 3.05) is 19.7 Å². The molecule has 16 heavy (non-hydrogen) atoms. The molecule has 0 aliphatic carbocycles. The summed E-state index contributed by atoms with van der Waals surface area (Å²) in [5.41, 5.74) is 0. The van der Waals surface area contributed by atoms with E-state index in [0.717, 1.165) is 25.4 Å². The predicted octanol–water partition coefficient (Wildman–Crippen LogP) is 2.11. The van der Waals surface area contributed by atoms with Crippen LogP contribution >= 0.6 is 0 Å². The SMILES string of the molecule is C=CCN1CCC[C@H]1COc1cccnc1. The molecule has 1 aromatic rings. The lowest BCUT2D eigenvalue weighted by Gasteiger charge is -2.22. The predicted molar refractivity (Wildman–Crippen MR) is 64.5 cm³/mol. The molecule has 86 valence electrons. The Labute approximate surface area is 96.7 Å². The topological polar surface area (TPSA) is 25.4 Å². The Balaban J connectivity index is 1.83. The van der Waals surface area contributed by atoms with Gasteiger partial charge in [0.2, 0.25) is 0 Å². The van der Waals surface area contributed by atoms with Crippen molar-refractivity contribution in [1.29, 1.82) is 0 Å². The molecule has 0 N–H and O–H groups in total. The maximum Gasteiger partial charge on any atom is 0.137 e. The van der Waals surface area contributed by atoms with Gasteiger partial charge in [-0.1, -0.05) is 6.08 Å². The summed E-state index contributed by atoms with van der Waals surface area (Å²) < 4.78 is 5.73. The minimum atomic E-state index is 0.526. The second-order valence-corrected chi connectivity index (χ2v) is 4.08. The van der Waals surface area contributed by atoms with E-state index in [1.807, 2.05) is 18.2 Å². The number of rotatable bonds is 5. The van der Waals surface area contributed by atoms with Crippen LogP contribution in [0.5, 0.6) is 5.75 Å². The van der Waals surface area contributed by atoms with E-state index >= 15 is 0 Å². The largest absolute Gasteiger partial charge is 0.490 e. The third-order valence-electron chi connectivity index (χ3n) is 2.94. The van der Waals surface area contributed by atoms with E-state index < -0.39 is 0 Å². The van der Waals surface area contributed by atoms with Gasteiger partial charge >= 0.3 is 0 Å². The normalized spacial score (nSPS) is 20.9. The lowest BCUT2D eigenvalue weighted by Crippen LogP contribution is -2.34. The van der Waals surface area contributed by atoms with Gasteiger partial charge in [-0.15, -0.1) is 6.58 Å². The van der Waals surface area contributed by atoms with Crippen molar-refractivity contribution in [3.63, 3.8) is 0 Å². The minimum absolute atomic E-state index is 0.526. The standard InChI is InChI=1S/C13H18N2O/c1-2-8-15-9-4-5-12(15)11-16-13-6-3-7-14-10-13/h2-3,6-7,10,12H,1,4-5,8-9,11H2/t12-/m0/s1. The summed E-state index contributed by atoms with van der Waals surface area (Å²) >= 11 is 0. The van der Waals surface area contributed by atoms with Gasteiger partial charge in [-0.3, -0.25) is 9.88 Å². The zero-order chi connectivity index (χ0) is 11.2. The molecular formula is C13H18N2O. The fraction of sp³-hybridized carbons (Fsp3) is 0.462. The average Bonchev–Trinajstić information content (AvgIpc) is 2.76. The van der Waals surface area contributed by atoms with Crippen molar-refractivity contribution in [2.24, 2.45) is 0 Å². The maximum absolute atomic E-state index is 5.73. The molecule has 0 bridgehead atoms. The summed E-state index contributed by atoms with van der Waals surface area (Å²) in [6, 6.07) is 4.36. The number of pyridine rings is 1. The van der Waals surface area contributed by atoms with Crippen LogP contribution in [0.15, 0.2) is 37.2 Å². The van der Waals surface area contributed by atoms with Crippen molar-refractivity contribution in [1.82, 2.24) is 9.88 Å². The van der Waals surface area contributed by atoms with E-state index in [1.54, 1.807) is 12.4 Å². The Morgan fingerprint density at radius 3 is 3.31 bits per heavy atom.